The first-order chi connectivity index (χ1) is 6.66. The number of piperidine rings is 1. The molecule has 4 heteroatoms. The maximum atomic E-state index is 5.74. The van der Waals surface area contributed by atoms with Gasteiger partial charge in [0.25, 0.3) is 0 Å². The molecule has 0 saturated carbocycles. The van der Waals surface area contributed by atoms with Gasteiger partial charge in [-0.25, -0.2) is 0 Å². The minimum absolute atomic E-state index is 0.727. The van der Waals surface area contributed by atoms with E-state index < -0.39 is 0 Å². The van der Waals surface area contributed by atoms with Gasteiger partial charge in [0.1, 0.15) is 0 Å². The van der Waals surface area contributed by atoms with E-state index in [1.807, 2.05) is 16.1 Å². The zero-order chi connectivity index (χ0) is 10.1. The van der Waals surface area contributed by atoms with E-state index in [-0.39, 0.29) is 0 Å². The molecule has 0 atom stereocenters. The second-order valence-electron chi connectivity index (χ2n) is 3.92. The van der Waals surface area contributed by atoms with Crippen molar-refractivity contribution in [2.75, 3.05) is 13.1 Å². The number of thiophene rings is 1. The highest BCUT2D eigenvalue weighted by Gasteiger charge is 2.20. The van der Waals surface area contributed by atoms with Gasteiger partial charge in [0.2, 0.25) is 0 Å². The summed E-state index contributed by atoms with van der Waals surface area (Å²) in [4.78, 5) is 3.44. The molecule has 14 heavy (non-hydrogen) atoms. The molecule has 1 aromatic heterocycles. The van der Waals surface area contributed by atoms with Gasteiger partial charge in [-0.3, -0.25) is 0 Å². The molecule has 0 aliphatic carbocycles. The van der Waals surface area contributed by atoms with Gasteiger partial charge in [0, 0.05) is 4.88 Å². The van der Waals surface area contributed by atoms with Crippen molar-refractivity contribution >= 4 is 35.2 Å². The van der Waals surface area contributed by atoms with Crippen molar-refractivity contribution in [3.05, 3.63) is 20.3 Å². The van der Waals surface area contributed by atoms with Crippen LogP contribution in [0.2, 0.25) is 0 Å². The van der Waals surface area contributed by atoms with Crippen LogP contribution in [0.15, 0.2) is 9.85 Å². The molecule has 0 N–H and O–H groups in total. The van der Waals surface area contributed by atoms with Gasteiger partial charge in [-0.1, -0.05) is 0 Å². The highest BCUT2D eigenvalue weighted by molar-refractivity contribution is 9.11. The third-order valence-electron chi connectivity index (χ3n) is 2.81. The Balaban J connectivity index is 2.08. The quantitative estimate of drug-likeness (QED) is 0.709. The first-order valence-corrected chi connectivity index (χ1v) is 6.53. The summed E-state index contributed by atoms with van der Waals surface area (Å²) in [5.41, 5.74) is 1.36. The van der Waals surface area contributed by atoms with E-state index in [1.165, 1.54) is 27.1 Å². The van der Waals surface area contributed by atoms with E-state index in [2.05, 4.69) is 28.9 Å². The summed E-state index contributed by atoms with van der Waals surface area (Å²) in [6, 6.07) is 2.31. The van der Waals surface area contributed by atoms with Crippen LogP contribution in [0.4, 0.5) is 0 Å². The standard InChI is InChI=1S/C10H13BBrNS/c1-7-6-9(14-10(7)12)8-2-4-13(11)5-3-8/h6,8H,2-5H2,1H3. The lowest BCUT2D eigenvalue weighted by atomic mass is 9.93. The summed E-state index contributed by atoms with van der Waals surface area (Å²) in [6.45, 7) is 4.21. The maximum absolute atomic E-state index is 5.74. The lowest BCUT2D eigenvalue weighted by molar-refractivity contribution is 0.337. The first-order valence-electron chi connectivity index (χ1n) is 4.92. The maximum Gasteiger partial charge on any atom is 0.182 e. The Morgan fingerprint density at radius 3 is 2.64 bits per heavy atom. The van der Waals surface area contributed by atoms with E-state index in [4.69, 9.17) is 7.98 Å². The Morgan fingerprint density at radius 1 is 1.50 bits per heavy atom. The minimum atomic E-state index is 0.727. The number of aryl methyl sites for hydroxylation is 1. The predicted octanol–water partition coefficient (Wildman–Crippen LogP) is 3.08. The fourth-order valence-corrected chi connectivity index (χ4v) is 3.61. The highest BCUT2D eigenvalue weighted by Crippen LogP contribution is 2.36. The van der Waals surface area contributed by atoms with E-state index in [1.54, 1.807) is 0 Å². The number of nitrogens with zero attached hydrogens (tertiary/aromatic N) is 1. The molecule has 1 aromatic rings. The predicted molar refractivity (Wildman–Crippen MR) is 66.1 cm³/mol. The first kappa shape index (κ1) is 10.7. The molecule has 1 fully saturated rings. The monoisotopic (exact) mass is 269 g/mol. The van der Waals surface area contributed by atoms with Crippen molar-refractivity contribution in [1.29, 1.82) is 0 Å². The van der Waals surface area contributed by atoms with E-state index in [0.717, 1.165) is 19.0 Å². The van der Waals surface area contributed by atoms with Crippen LogP contribution in [-0.4, -0.2) is 25.9 Å². The molecule has 1 aliphatic rings. The molecule has 0 amide bonds. The third kappa shape index (κ3) is 2.23. The summed E-state index contributed by atoms with van der Waals surface area (Å²) >= 11 is 5.46. The second-order valence-corrected chi connectivity index (χ2v) is 6.32. The fraction of sp³-hybridized carbons (Fsp3) is 0.600. The molecular formula is C10H13BBrNS. The average molecular weight is 270 g/mol. The molecule has 2 radical (unpaired) electrons. The van der Waals surface area contributed by atoms with Crippen LogP contribution in [0.25, 0.3) is 0 Å². The van der Waals surface area contributed by atoms with Gasteiger partial charge in [-0.2, -0.15) is 0 Å². The normalized spacial score (nSPS) is 20.1. The summed E-state index contributed by atoms with van der Waals surface area (Å²) in [6.07, 6.45) is 2.39. The van der Waals surface area contributed by atoms with E-state index in [9.17, 15) is 0 Å². The van der Waals surface area contributed by atoms with Crippen molar-refractivity contribution in [2.45, 2.75) is 25.7 Å². The van der Waals surface area contributed by atoms with Crippen molar-refractivity contribution < 1.29 is 0 Å². The van der Waals surface area contributed by atoms with Crippen molar-refractivity contribution in [3.8, 4) is 0 Å². The molecule has 0 aromatic carbocycles. The van der Waals surface area contributed by atoms with E-state index >= 15 is 0 Å². The average Bonchev–Trinajstić information content (AvgIpc) is 2.48. The molecule has 2 heterocycles. The van der Waals surface area contributed by atoms with Crippen LogP contribution in [-0.2, 0) is 0 Å². The van der Waals surface area contributed by atoms with Gasteiger partial charge in [0.05, 0.1) is 3.79 Å². The Hall–Kier alpha value is 0.205. The number of hydrogen-bond donors (Lipinski definition) is 0. The van der Waals surface area contributed by atoms with Gasteiger partial charge >= 0.3 is 0 Å². The van der Waals surface area contributed by atoms with Gasteiger partial charge < -0.3 is 4.81 Å². The Labute approximate surface area is 99.1 Å². The van der Waals surface area contributed by atoms with Crippen molar-refractivity contribution in [1.82, 2.24) is 4.81 Å². The van der Waals surface area contributed by atoms with Crippen LogP contribution >= 0.6 is 27.3 Å². The van der Waals surface area contributed by atoms with Gasteiger partial charge in [-0.05, 0) is 66.3 Å². The van der Waals surface area contributed by atoms with Gasteiger partial charge in [0.15, 0.2) is 7.98 Å². The topological polar surface area (TPSA) is 3.24 Å². The minimum Gasteiger partial charge on any atom is -0.353 e. The molecule has 0 spiro atoms. The van der Waals surface area contributed by atoms with Crippen LogP contribution in [0.3, 0.4) is 0 Å². The molecule has 0 bridgehead atoms. The lowest BCUT2D eigenvalue weighted by Gasteiger charge is -2.28. The summed E-state index contributed by atoms with van der Waals surface area (Å²) in [5, 5.41) is 0. The second kappa shape index (κ2) is 4.37. The Bertz CT molecular complexity index is 298. The molecule has 1 saturated heterocycles. The van der Waals surface area contributed by atoms with Crippen LogP contribution in [0.1, 0.15) is 29.2 Å². The van der Waals surface area contributed by atoms with Crippen molar-refractivity contribution in [3.63, 3.8) is 0 Å². The molecule has 2 rings (SSSR count). The largest absolute Gasteiger partial charge is 0.353 e. The van der Waals surface area contributed by atoms with Crippen LogP contribution in [0, 0.1) is 6.92 Å². The molecule has 0 unspecified atom stereocenters. The number of halogens is 1. The zero-order valence-corrected chi connectivity index (χ0v) is 10.7. The van der Waals surface area contributed by atoms with Crippen LogP contribution in [0.5, 0.6) is 0 Å². The molecular weight excluding hydrogens is 257 g/mol. The number of hydrogen-bond acceptors (Lipinski definition) is 2. The third-order valence-corrected chi connectivity index (χ3v) is 5.11. The van der Waals surface area contributed by atoms with Gasteiger partial charge in [-0.15, -0.1) is 11.3 Å². The number of rotatable bonds is 1. The lowest BCUT2D eigenvalue weighted by Crippen LogP contribution is -2.30. The SMILES string of the molecule is [B]N1CCC(c2cc(C)c(Br)s2)CC1. The van der Waals surface area contributed by atoms with E-state index in [0.29, 0.717) is 0 Å². The zero-order valence-electron chi connectivity index (χ0n) is 8.29. The van der Waals surface area contributed by atoms with Crippen LogP contribution < -0.4 is 0 Å². The molecule has 1 nitrogen and oxygen atoms in total. The molecule has 74 valence electrons. The summed E-state index contributed by atoms with van der Waals surface area (Å²) in [7, 11) is 5.74. The smallest absolute Gasteiger partial charge is 0.182 e. The van der Waals surface area contributed by atoms with Crippen molar-refractivity contribution in [2.24, 2.45) is 0 Å². The Morgan fingerprint density at radius 2 is 2.14 bits per heavy atom. The summed E-state index contributed by atoms with van der Waals surface area (Å²) in [5.74, 6) is 0.727. The molecule has 1 aliphatic heterocycles. The fourth-order valence-electron chi connectivity index (χ4n) is 1.87. The highest BCUT2D eigenvalue weighted by atomic mass is 79.9. The summed E-state index contributed by atoms with van der Waals surface area (Å²) < 4.78 is 1.28. The Kier molecular flexibility index (Phi) is 3.35.